The van der Waals surface area contributed by atoms with Gasteiger partial charge in [-0.3, -0.25) is 0 Å². The van der Waals surface area contributed by atoms with Gasteiger partial charge in [0.05, 0.1) is 11.6 Å². The van der Waals surface area contributed by atoms with E-state index in [2.05, 4.69) is 20.7 Å². The van der Waals surface area contributed by atoms with Crippen LogP contribution in [-0.2, 0) is 4.74 Å². The molecule has 78 valence electrons. The maximum absolute atomic E-state index is 11.2. The molecule has 0 aliphatic carbocycles. The second-order valence-corrected chi connectivity index (χ2v) is 4.12. The monoisotopic (exact) mass is 268 g/mol. The van der Waals surface area contributed by atoms with E-state index >= 15 is 0 Å². The number of fused-ring (bicyclic) bond motifs is 1. The minimum absolute atomic E-state index is 0.221. The highest BCUT2D eigenvalue weighted by Crippen LogP contribution is 2.28. The molecule has 3 nitrogen and oxygen atoms in total. The van der Waals surface area contributed by atoms with E-state index in [0.717, 1.165) is 15.4 Å². The number of furan rings is 1. The number of carbonyl (C=O) groups excluding carboxylic acids is 1. The summed E-state index contributed by atoms with van der Waals surface area (Å²) < 4.78 is 10.8. The molecule has 0 saturated carbocycles. The Morgan fingerprint density at radius 2 is 2.13 bits per heavy atom. The van der Waals surface area contributed by atoms with Gasteiger partial charge in [-0.05, 0) is 46.6 Å². The summed E-state index contributed by atoms with van der Waals surface area (Å²) in [5.74, 6) is -0.241. The van der Waals surface area contributed by atoms with Gasteiger partial charge in [0.2, 0.25) is 5.76 Å². The molecule has 0 N–H and O–H groups in total. The second-order valence-electron chi connectivity index (χ2n) is 3.27. The molecule has 0 spiro atoms. The molecule has 0 unspecified atom stereocenters. The molecular formula is C11H9BrO3. The van der Waals surface area contributed by atoms with E-state index < -0.39 is 5.97 Å². The molecule has 0 fully saturated rings. The van der Waals surface area contributed by atoms with Gasteiger partial charge in [0.15, 0.2) is 0 Å². The fourth-order valence-corrected chi connectivity index (χ4v) is 2.12. The first kappa shape index (κ1) is 10.2. The zero-order valence-corrected chi connectivity index (χ0v) is 9.92. The first-order valence-corrected chi connectivity index (χ1v) is 5.19. The number of rotatable bonds is 1. The van der Waals surface area contributed by atoms with Crippen LogP contribution >= 0.6 is 15.9 Å². The van der Waals surface area contributed by atoms with Gasteiger partial charge < -0.3 is 9.15 Å². The molecule has 4 heteroatoms. The van der Waals surface area contributed by atoms with E-state index in [1.54, 1.807) is 6.07 Å². The molecule has 0 amide bonds. The molecule has 1 heterocycles. The van der Waals surface area contributed by atoms with Gasteiger partial charge in [0, 0.05) is 5.39 Å². The van der Waals surface area contributed by atoms with Gasteiger partial charge in [-0.15, -0.1) is 0 Å². The number of benzene rings is 1. The van der Waals surface area contributed by atoms with Crippen LogP contribution in [0.15, 0.2) is 27.1 Å². The van der Waals surface area contributed by atoms with Crippen LogP contribution in [0.25, 0.3) is 11.0 Å². The van der Waals surface area contributed by atoms with Crippen molar-refractivity contribution in [2.24, 2.45) is 0 Å². The van der Waals surface area contributed by atoms with Crippen molar-refractivity contribution >= 4 is 32.9 Å². The lowest BCUT2D eigenvalue weighted by Crippen LogP contribution is -1.97. The Morgan fingerprint density at radius 1 is 1.40 bits per heavy atom. The van der Waals surface area contributed by atoms with Crippen LogP contribution in [0, 0.1) is 6.92 Å². The third-order valence-corrected chi connectivity index (χ3v) is 2.69. The molecule has 15 heavy (non-hydrogen) atoms. The molecule has 1 aromatic heterocycles. The van der Waals surface area contributed by atoms with Gasteiger partial charge in [0.25, 0.3) is 0 Å². The van der Waals surface area contributed by atoms with Crippen LogP contribution in [0.1, 0.15) is 16.1 Å². The lowest BCUT2D eigenvalue weighted by atomic mass is 10.2. The van der Waals surface area contributed by atoms with Crippen molar-refractivity contribution in [2.75, 3.05) is 7.11 Å². The van der Waals surface area contributed by atoms with Gasteiger partial charge in [-0.25, -0.2) is 4.79 Å². The lowest BCUT2D eigenvalue weighted by molar-refractivity contribution is 0.0567. The molecule has 0 atom stereocenters. The van der Waals surface area contributed by atoms with Crippen molar-refractivity contribution in [3.05, 3.63) is 34.0 Å². The Kier molecular flexibility index (Phi) is 2.52. The molecule has 0 radical (unpaired) electrons. The minimum Gasteiger partial charge on any atom is -0.463 e. The van der Waals surface area contributed by atoms with Gasteiger partial charge >= 0.3 is 5.97 Å². The van der Waals surface area contributed by atoms with Crippen LogP contribution in [0.3, 0.4) is 0 Å². The summed E-state index contributed by atoms with van der Waals surface area (Å²) in [6.07, 6.45) is 0. The first-order valence-electron chi connectivity index (χ1n) is 4.40. The number of esters is 1. The Balaban J connectivity index is 2.65. The SMILES string of the molecule is COC(=O)c1cc2cc(C)cc(Br)c2o1. The lowest BCUT2D eigenvalue weighted by Gasteiger charge is -1.95. The predicted octanol–water partition coefficient (Wildman–Crippen LogP) is 3.29. The van der Waals surface area contributed by atoms with Gasteiger partial charge in [-0.1, -0.05) is 0 Å². The molecular weight excluding hydrogens is 260 g/mol. The minimum atomic E-state index is -0.462. The highest BCUT2D eigenvalue weighted by molar-refractivity contribution is 9.10. The van der Waals surface area contributed by atoms with Crippen molar-refractivity contribution < 1.29 is 13.9 Å². The van der Waals surface area contributed by atoms with Crippen LogP contribution in [-0.4, -0.2) is 13.1 Å². The summed E-state index contributed by atoms with van der Waals surface area (Å²) >= 11 is 3.39. The number of ether oxygens (including phenoxy) is 1. The predicted molar refractivity (Wildman–Crippen MR) is 60.0 cm³/mol. The molecule has 0 aliphatic heterocycles. The summed E-state index contributed by atoms with van der Waals surface area (Å²) in [7, 11) is 1.33. The van der Waals surface area contributed by atoms with E-state index in [4.69, 9.17) is 4.42 Å². The van der Waals surface area contributed by atoms with Crippen LogP contribution in [0.4, 0.5) is 0 Å². The quantitative estimate of drug-likeness (QED) is 0.746. The Bertz CT molecular complexity index is 528. The third kappa shape index (κ3) is 1.77. The molecule has 0 aliphatic rings. The van der Waals surface area contributed by atoms with E-state index in [0.29, 0.717) is 5.58 Å². The average Bonchev–Trinajstić information content (AvgIpc) is 2.60. The fourth-order valence-electron chi connectivity index (χ4n) is 1.45. The summed E-state index contributed by atoms with van der Waals surface area (Å²) in [6, 6.07) is 5.57. The van der Waals surface area contributed by atoms with Gasteiger partial charge in [0.1, 0.15) is 5.58 Å². The highest BCUT2D eigenvalue weighted by atomic mass is 79.9. The van der Waals surface area contributed by atoms with Crippen molar-refractivity contribution in [3.8, 4) is 0 Å². The van der Waals surface area contributed by atoms with E-state index in [-0.39, 0.29) is 5.76 Å². The summed E-state index contributed by atoms with van der Waals surface area (Å²) in [6.45, 7) is 1.98. The van der Waals surface area contributed by atoms with Crippen LogP contribution in [0.5, 0.6) is 0 Å². The molecule has 0 saturated heterocycles. The fraction of sp³-hybridized carbons (Fsp3) is 0.182. The number of methoxy groups -OCH3 is 1. The van der Waals surface area contributed by atoms with E-state index in [9.17, 15) is 4.79 Å². The number of halogens is 1. The molecule has 1 aromatic carbocycles. The van der Waals surface area contributed by atoms with Gasteiger partial charge in [-0.2, -0.15) is 0 Å². The summed E-state index contributed by atoms with van der Waals surface area (Å²) in [4.78, 5) is 11.2. The number of hydrogen-bond donors (Lipinski definition) is 0. The Labute approximate surface area is 95.1 Å². The smallest absolute Gasteiger partial charge is 0.373 e. The van der Waals surface area contributed by atoms with Crippen molar-refractivity contribution in [1.29, 1.82) is 0 Å². The van der Waals surface area contributed by atoms with Crippen LogP contribution in [0.2, 0.25) is 0 Å². The average molecular weight is 269 g/mol. The second kappa shape index (κ2) is 3.70. The number of hydrogen-bond acceptors (Lipinski definition) is 3. The van der Waals surface area contributed by atoms with Crippen molar-refractivity contribution in [3.63, 3.8) is 0 Å². The standard InChI is InChI=1S/C11H9BrO3/c1-6-3-7-5-9(11(13)14-2)15-10(7)8(12)4-6/h3-5H,1-2H3. The third-order valence-electron chi connectivity index (χ3n) is 2.10. The van der Waals surface area contributed by atoms with E-state index in [1.165, 1.54) is 7.11 Å². The normalized spacial score (nSPS) is 10.6. The van der Waals surface area contributed by atoms with Crippen molar-refractivity contribution in [2.45, 2.75) is 6.92 Å². The van der Waals surface area contributed by atoms with E-state index in [1.807, 2.05) is 19.1 Å². The van der Waals surface area contributed by atoms with Crippen molar-refractivity contribution in [1.82, 2.24) is 0 Å². The van der Waals surface area contributed by atoms with Crippen LogP contribution < -0.4 is 0 Å². The molecule has 2 aromatic rings. The zero-order chi connectivity index (χ0) is 11.0. The molecule has 0 bridgehead atoms. The summed E-state index contributed by atoms with van der Waals surface area (Å²) in [5, 5.41) is 0.891. The number of aryl methyl sites for hydroxylation is 1. The maximum atomic E-state index is 11.2. The first-order chi connectivity index (χ1) is 7.11. The molecule has 2 rings (SSSR count). The largest absolute Gasteiger partial charge is 0.463 e. The Hall–Kier alpha value is -1.29. The number of carbonyl (C=O) groups is 1. The topological polar surface area (TPSA) is 39.4 Å². The Morgan fingerprint density at radius 3 is 2.80 bits per heavy atom. The highest BCUT2D eigenvalue weighted by Gasteiger charge is 2.14. The maximum Gasteiger partial charge on any atom is 0.373 e. The summed E-state index contributed by atoms with van der Waals surface area (Å²) in [5.41, 5.74) is 1.77. The zero-order valence-electron chi connectivity index (χ0n) is 8.33.